The van der Waals surface area contributed by atoms with Gasteiger partial charge in [0.25, 0.3) is 0 Å². The van der Waals surface area contributed by atoms with Crippen molar-refractivity contribution in [2.45, 2.75) is 5.92 Å². The van der Waals surface area contributed by atoms with Crippen LogP contribution in [0.25, 0.3) is 22.4 Å². The standard InChI is InChI=1S/C19H14N6O/c1-25-16-8-3-2-7-15(16)23-19(25)14(10-20)17(26)12-5-4-6-13(9-12)18-21-11-22-24-18/h2-9,11,14H,1H3,(H,21,22,24)/t14-/m1/s1. The van der Waals surface area contributed by atoms with Gasteiger partial charge in [-0.05, 0) is 18.2 Å². The van der Waals surface area contributed by atoms with Crippen molar-refractivity contribution in [3.8, 4) is 17.5 Å². The van der Waals surface area contributed by atoms with Crippen LogP contribution in [0.15, 0.2) is 54.9 Å². The van der Waals surface area contributed by atoms with E-state index in [1.165, 1.54) is 6.33 Å². The first kappa shape index (κ1) is 15.7. The van der Waals surface area contributed by atoms with E-state index in [1.54, 1.807) is 22.8 Å². The third-order valence-corrected chi connectivity index (χ3v) is 4.31. The Morgan fingerprint density at radius 3 is 2.81 bits per heavy atom. The summed E-state index contributed by atoms with van der Waals surface area (Å²) in [5.41, 5.74) is 2.80. The highest BCUT2D eigenvalue weighted by molar-refractivity contribution is 6.03. The fourth-order valence-corrected chi connectivity index (χ4v) is 2.99. The van der Waals surface area contributed by atoms with Crippen LogP contribution >= 0.6 is 0 Å². The van der Waals surface area contributed by atoms with Crippen LogP contribution in [0, 0.1) is 11.3 Å². The van der Waals surface area contributed by atoms with Crippen LogP contribution < -0.4 is 0 Å². The number of hydrogen-bond acceptors (Lipinski definition) is 5. The molecule has 0 saturated carbocycles. The number of fused-ring (bicyclic) bond motifs is 1. The highest BCUT2D eigenvalue weighted by atomic mass is 16.1. The van der Waals surface area contributed by atoms with Crippen LogP contribution in [-0.2, 0) is 7.05 Å². The fraction of sp³-hybridized carbons (Fsp3) is 0.105. The molecule has 0 saturated heterocycles. The topological polar surface area (TPSA) is 100 Å². The predicted molar refractivity (Wildman–Crippen MR) is 95.2 cm³/mol. The Balaban J connectivity index is 1.75. The smallest absolute Gasteiger partial charge is 0.187 e. The molecule has 0 bridgehead atoms. The van der Waals surface area contributed by atoms with Gasteiger partial charge in [0.2, 0.25) is 0 Å². The Labute approximate surface area is 148 Å². The summed E-state index contributed by atoms with van der Waals surface area (Å²) in [5.74, 6) is -0.288. The molecule has 0 amide bonds. The monoisotopic (exact) mass is 342 g/mol. The third-order valence-electron chi connectivity index (χ3n) is 4.31. The largest absolute Gasteiger partial charge is 0.330 e. The van der Waals surface area contributed by atoms with Crippen LogP contribution in [0.4, 0.5) is 0 Å². The minimum absolute atomic E-state index is 0.299. The minimum Gasteiger partial charge on any atom is -0.330 e. The van der Waals surface area contributed by atoms with Gasteiger partial charge in [-0.1, -0.05) is 30.3 Å². The van der Waals surface area contributed by atoms with E-state index in [1.807, 2.05) is 37.4 Å². The molecule has 2 heterocycles. The maximum atomic E-state index is 13.0. The summed E-state index contributed by atoms with van der Waals surface area (Å²) in [6, 6.07) is 16.6. The van der Waals surface area contributed by atoms with Crippen molar-refractivity contribution in [2.24, 2.45) is 7.05 Å². The molecule has 4 rings (SSSR count). The molecule has 0 aliphatic heterocycles. The molecule has 0 unspecified atom stereocenters. The molecule has 0 fully saturated rings. The van der Waals surface area contributed by atoms with Gasteiger partial charge in [-0.15, -0.1) is 0 Å². The van der Waals surface area contributed by atoms with Crippen molar-refractivity contribution in [1.29, 1.82) is 5.26 Å². The second-order valence-corrected chi connectivity index (χ2v) is 5.86. The van der Waals surface area contributed by atoms with E-state index in [2.05, 4.69) is 26.2 Å². The molecule has 1 atom stereocenters. The maximum absolute atomic E-state index is 13.0. The molecule has 126 valence electrons. The number of nitrogens with zero attached hydrogens (tertiary/aromatic N) is 5. The Hall–Kier alpha value is -3.79. The lowest BCUT2D eigenvalue weighted by Crippen LogP contribution is -2.15. The Morgan fingerprint density at radius 1 is 1.23 bits per heavy atom. The predicted octanol–water partition coefficient (Wildman–Crippen LogP) is 2.85. The lowest BCUT2D eigenvalue weighted by molar-refractivity contribution is 0.0975. The number of rotatable bonds is 4. The van der Waals surface area contributed by atoms with Gasteiger partial charge in [0.05, 0.1) is 17.1 Å². The zero-order valence-corrected chi connectivity index (χ0v) is 13.9. The van der Waals surface area contributed by atoms with Gasteiger partial charge in [0.1, 0.15) is 12.2 Å². The first-order chi connectivity index (χ1) is 12.7. The van der Waals surface area contributed by atoms with Crippen molar-refractivity contribution in [1.82, 2.24) is 24.7 Å². The minimum atomic E-state index is -0.989. The number of H-pyrrole nitrogens is 1. The molecule has 1 N–H and O–H groups in total. The number of Topliss-reactive ketones (excluding diaryl/α,β-unsaturated/α-hetero) is 1. The Morgan fingerprint density at radius 2 is 2.08 bits per heavy atom. The summed E-state index contributed by atoms with van der Waals surface area (Å²) in [7, 11) is 1.81. The normalized spacial score (nSPS) is 12.0. The van der Waals surface area contributed by atoms with E-state index in [0.717, 1.165) is 16.6 Å². The molecular formula is C19H14N6O. The number of benzene rings is 2. The summed E-state index contributed by atoms with van der Waals surface area (Å²) in [6.07, 6.45) is 1.40. The number of ketones is 1. The summed E-state index contributed by atoms with van der Waals surface area (Å²) >= 11 is 0. The van der Waals surface area contributed by atoms with Crippen LogP contribution in [0.3, 0.4) is 0 Å². The maximum Gasteiger partial charge on any atom is 0.187 e. The average Bonchev–Trinajstić information content (AvgIpc) is 3.32. The number of aryl methyl sites for hydroxylation is 1. The third kappa shape index (κ3) is 2.54. The van der Waals surface area contributed by atoms with Crippen molar-refractivity contribution in [3.63, 3.8) is 0 Å². The number of hydrogen-bond donors (Lipinski definition) is 1. The number of imidazole rings is 1. The molecule has 2 aromatic carbocycles. The molecule has 2 aromatic heterocycles. The van der Waals surface area contributed by atoms with E-state index in [-0.39, 0.29) is 5.78 Å². The number of aromatic amines is 1. The molecule has 0 radical (unpaired) electrons. The van der Waals surface area contributed by atoms with Crippen molar-refractivity contribution in [2.75, 3.05) is 0 Å². The van der Waals surface area contributed by atoms with Gasteiger partial charge < -0.3 is 4.57 Å². The van der Waals surface area contributed by atoms with Crippen LogP contribution in [0.1, 0.15) is 22.1 Å². The number of para-hydroxylation sites is 2. The molecule has 26 heavy (non-hydrogen) atoms. The van der Waals surface area contributed by atoms with Gasteiger partial charge >= 0.3 is 0 Å². The van der Waals surface area contributed by atoms with Crippen molar-refractivity contribution in [3.05, 3.63) is 66.2 Å². The fourth-order valence-electron chi connectivity index (χ4n) is 2.99. The Kier molecular flexibility index (Phi) is 3.78. The first-order valence-corrected chi connectivity index (χ1v) is 8.00. The first-order valence-electron chi connectivity index (χ1n) is 8.00. The summed E-state index contributed by atoms with van der Waals surface area (Å²) in [4.78, 5) is 21.6. The van der Waals surface area contributed by atoms with E-state index in [0.29, 0.717) is 17.2 Å². The molecule has 0 spiro atoms. The highest BCUT2D eigenvalue weighted by Crippen LogP contribution is 2.25. The molecular weight excluding hydrogens is 328 g/mol. The van der Waals surface area contributed by atoms with Gasteiger partial charge in [-0.25, -0.2) is 9.97 Å². The zero-order chi connectivity index (χ0) is 18.1. The molecule has 7 nitrogen and oxygen atoms in total. The number of nitriles is 1. The van der Waals surface area contributed by atoms with E-state index >= 15 is 0 Å². The van der Waals surface area contributed by atoms with E-state index in [4.69, 9.17) is 0 Å². The highest BCUT2D eigenvalue weighted by Gasteiger charge is 2.27. The summed E-state index contributed by atoms with van der Waals surface area (Å²) in [6.45, 7) is 0. The van der Waals surface area contributed by atoms with Gasteiger partial charge in [-0.3, -0.25) is 9.89 Å². The average molecular weight is 342 g/mol. The molecule has 0 aliphatic carbocycles. The van der Waals surface area contributed by atoms with Crippen molar-refractivity contribution < 1.29 is 4.79 Å². The lowest BCUT2D eigenvalue weighted by Gasteiger charge is -2.09. The van der Waals surface area contributed by atoms with Crippen LogP contribution in [0.5, 0.6) is 0 Å². The van der Waals surface area contributed by atoms with Crippen LogP contribution in [0.2, 0.25) is 0 Å². The van der Waals surface area contributed by atoms with Gasteiger partial charge in [0.15, 0.2) is 17.5 Å². The quantitative estimate of drug-likeness (QED) is 0.575. The zero-order valence-electron chi connectivity index (χ0n) is 13.9. The summed E-state index contributed by atoms with van der Waals surface area (Å²) < 4.78 is 1.79. The molecule has 7 heteroatoms. The van der Waals surface area contributed by atoms with Crippen LogP contribution in [-0.4, -0.2) is 30.5 Å². The number of nitrogens with one attached hydrogen (secondary N) is 1. The van der Waals surface area contributed by atoms with Gasteiger partial charge in [0, 0.05) is 18.2 Å². The van der Waals surface area contributed by atoms with Crippen molar-refractivity contribution >= 4 is 16.8 Å². The number of carbonyl (C=O) groups excluding carboxylic acids is 1. The number of aromatic nitrogens is 5. The molecule has 0 aliphatic rings. The Bertz CT molecular complexity index is 1140. The van der Waals surface area contributed by atoms with Gasteiger partial charge in [-0.2, -0.15) is 10.4 Å². The van der Waals surface area contributed by atoms with E-state index in [9.17, 15) is 10.1 Å². The summed E-state index contributed by atoms with van der Waals surface area (Å²) in [5, 5.41) is 16.2. The second-order valence-electron chi connectivity index (χ2n) is 5.86. The SMILES string of the molecule is Cn1c([C@H](C#N)C(=O)c2cccc(-c3ncn[nH]3)c2)nc2ccccc21. The second kappa shape index (κ2) is 6.26. The number of carbonyl (C=O) groups is 1. The molecule has 4 aromatic rings. The van der Waals surface area contributed by atoms with E-state index < -0.39 is 5.92 Å². The lowest BCUT2D eigenvalue weighted by atomic mass is 9.96.